The van der Waals surface area contributed by atoms with E-state index in [2.05, 4.69) is 5.32 Å². The first-order valence-electron chi connectivity index (χ1n) is 13.6. The summed E-state index contributed by atoms with van der Waals surface area (Å²) in [5.74, 6) is 0.0311. The van der Waals surface area contributed by atoms with Crippen LogP contribution in [0.15, 0.2) is 48.5 Å². The van der Waals surface area contributed by atoms with Crippen LogP contribution in [-0.4, -0.2) is 56.6 Å². The number of rotatable bonds is 13. The van der Waals surface area contributed by atoms with Crippen LogP contribution in [0.2, 0.25) is 5.02 Å². The Hall–Kier alpha value is -2.78. The number of carbonyl (C=O) groups excluding carboxylic acids is 2. The lowest BCUT2D eigenvalue weighted by molar-refractivity contribution is -0.141. The molecule has 0 saturated heterocycles. The molecule has 0 spiro atoms. The summed E-state index contributed by atoms with van der Waals surface area (Å²) < 4.78 is 32.2. The summed E-state index contributed by atoms with van der Waals surface area (Å²) in [4.78, 5) is 28.3. The minimum absolute atomic E-state index is 0.0638. The number of nitrogens with zero attached hydrogens (tertiary/aromatic N) is 2. The van der Waals surface area contributed by atoms with Gasteiger partial charge in [-0.3, -0.25) is 13.9 Å². The van der Waals surface area contributed by atoms with Crippen molar-refractivity contribution >= 4 is 39.1 Å². The predicted octanol–water partition coefficient (Wildman–Crippen LogP) is 5.15. The molecule has 2 amide bonds. The quantitative estimate of drug-likeness (QED) is 0.355. The van der Waals surface area contributed by atoms with Crippen LogP contribution in [0.1, 0.15) is 64.4 Å². The fraction of sp³-hybridized carbons (Fsp3) is 0.517. The second kappa shape index (κ2) is 14.6. The monoisotopic (exact) mass is 577 g/mol. The third-order valence-electron chi connectivity index (χ3n) is 7.00. The van der Waals surface area contributed by atoms with Gasteiger partial charge in [0.15, 0.2) is 0 Å². The van der Waals surface area contributed by atoms with Crippen molar-refractivity contribution in [1.82, 2.24) is 10.2 Å². The molecule has 1 fully saturated rings. The van der Waals surface area contributed by atoms with Crippen LogP contribution in [0.25, 0.3) is 0 Å². The first-order chi connectivity index (χ1) is 18.6. The van der Waals surface area contributed by atoms with Crippen LogP contribution in [0.5, 0.6) is 5.75 Å². The second-order valence-electron chi connectivity index (χ2n) is 9.97. The van der Waals surface area contributed by atoms with Gasteiger partial charge in [0.05, 0.1) is 18.6 Å². The van der Waals surface area contributed by atoms with Gasteiger partial charge in [0.2, 0.25) is 21.8 Å². The van der Waals surface area contributed by atoms with Gasteiger partial charge in [-0.25, -0.2) is 8.42 Å². The number of amides is 2. The van der Waals surface area contributed by atoms with Crippen LogP contribution in [0, 0.1) is 0 Å². The summed E-state index contributed by atoms with van der Waals surface area (Å²) >= 11 is 6.39. The molecule has 8 nitrogen and oxygen atoms in total. The topological polar surface area (TPSA) is 96.0 Å². The van der Waals surface area contributed by atoms with Crippen molar-refractivity contribution in [2.45, 2.75) is 77.4 Å². The van der Waals surface area contributed by atoms with Gasteiger partial charge in [0.1, 0.15) is 11.8 Å². The molecule has 0 unspecified atom stereocenters. The molecule has 2 aromatic carbocycles. The molecule has 3 rings (SSSR count). The van der Waals surface area contributed by atoms with Gasteiger partial charge < -0.3 is 15.0 Å². The number of ether oxygens (including phenoxy) is 1. The van der Waals surface area contributed by atoms with E-state index in [1.807, 2.05) is 25.1 Å². The fourth-order valence-corrected chi connectivity index (χ4v) is 6.05. The van der Waals surface area contributed by atoms with Crippen molar-refractivity contribution < 1.29 is 22.7 Å². The first-order valence-corrected chi connectivity index (χ1v) is 15.9. The molecular formula is C29H40ClN3O5S. The normalized spacial score (nSPS) is 14.9. The smallest absolute Gasteiger partial charge is 0.242 e. The number of anilines is 1. The average molecular weight is 578 g/mol. The summed E-state index contributed by atoms with van der Waals surface area (Å²) in [6, 6.07) is 13.6. The largest absolute Gasteiger partial charge is 0.492 e. The Morgan fingerprint density at radius 2 is 1.74 bits per heavy atom. The van der Waals surface area contributed by atoms with Gasteiger partial charge in [-0.05, 0) is 56.9 Å². The molecule has 1 aliphatic rings. The highest BCUT2D eigenvalue weighted by atomic mass is 35.5. The Bertz CT molecular complexity index is 1220. The van der Waals surface area contributed by atoms with Gasteiger partial charge in [-0.2, -0.15) is 0 Å². The van der Waals surface area contributed by atoms with E-state index in [-0.39, 0.29) is 43.8 Å². The van der Waals surface area contributed by atoms with E-state index in [0.29, 0.717) is 23.1 Å². The Morgan fingerprint density at radius 1 is 1.08 bits per heavy atom. The number of para-hydroxylation sites is 2. The Labute approximate surface area is 237 Å². The molecule has 0 aliphatic heterocycles. The number of benzene rings is 2. The van der Waals surface area contributed by atoms with Crippen molar-refractivity contribution in [1.29, 1.82) is 0 Å². The summed E-state index contributed by atoms with van der Waals surface area (Å²) in [7, 11) is -3.63. The lowest BCUT2D eigenvalue weighted by Gasteiger charge is -2.32. The van der Waals surface area contributed by atoms with Gasteiger partial charge in [0, 0.05) is 30.6 Å². The summed E-state index contributed by atoms with van der Waals surface area (Å²) in [5.41, 5.74) is 1.18. The maximum atomic E-state index is 13.5. The zero-order valence-electron chi connectivity index (χ0n) is 23.1. The van der Waals surface area contributed by atoms with Gasteiger partial charge in [-0.1, -0.05) is 61.2 Å². The molecule has 1 saturated carbocycles. The van der Waals surface area contributed by atoms with E-state index in [1.165, 1.54) is 15.6 Å². The highest BCUT2D eigenvalue weighted by Gasteiger charge is 2.29. The molecule has 1 N–H and O–H groups in total. The number of hydrogen-bond donors (Lipinski definition) is 1. The summed E-state index contributed by atoms with van der Waals surface area (Å²) in [6.45, 7) is 4.23. The van der Waals surface area contributed by atoms with Crippen LogP contribution in [0.4, 0.5) is 5.69 Å². The lowest BCUT2D eigenvalue weighted by atomic mass is 9.95. The minimum atomic E-state index is -3.63. The first kappa shape index (κ1) is 30.8. The number of nitrogens with one attached hydrogen (secondary N) is 1. The molecule has 0 radical (unpaired) electrons. The molecule has 1 atom stereocenters. The molecule has 0 bridgehead atoms. The molecule has 0 aromatic heterocycles. The SMILES string of the molecule is CCOc1ccccc1N(CCCC(=O)N(Cc1ccccc1Cl)[C@H](C)C(=O)NC1CCCCC1)S(C)(=O)=O. The summed E-state index contributed by atoms with van der Waals surface area (Å²) in [5, 5.41) is 3.64. The zero-order chi connectivity index (χ0) is 28.4. The lowest BCUT2D eigenvalue weighted by Crippen LogP contribution is -2.50. The number of halogens is 1. The maximum Gasteiger partial charge on any atom is 0.242 e. The van der Waals surface area contributed by atoms with E-state index in [9.17, 15) is 18.0 Å². The highest BCUT2D eigenvalue weighted by molar-refractivity contribution is 7.92. The van der Waals surface area contributed by atoms with Crippen molar-refractivity contribution in [3.8, 4) is 5.75 Å². The standard InChI is InChI=1S/C29H40ClN3O5S/c1-4-38-27-18-11-10-17-26(27)33(39(3,36)37)20-12-19-28(34)32(21-23-13-8-9-16-25(23)30)22(2)29(35)31-24-14-6-5-7-15-24/h8-11,13,16-18,22,24H,4-7,12,14-15,19-21H2,1-3H3,(H,31,35)/t22-/m1/s1. The molecule has 0 heterocycles. The third-order valence-corrected chi connectivity index (χ3v) is 8.55. The number of sulfonamides is 1. The van der Waals surface area contributed by atoms with Crippen molar-refractivity contribution in [3.05, 3.63) is 59.1 Å². The van der Waals surface area contributed by atoms with Crippen molar-refractivity contribution in [2.75, 3.05) is 23.7 Å². The van der Waals surface area contributed by atoms with E-state index in [4.69, 9.17) is 16.3 Å². The molecule has 39 heavy (non-hydrogen) atoms. The maximum absolute atomic E-state index is 13.5. The molecule has 1 aliphatic carbocycles. The number of carbonyl (C=O) groups is 2. The van der Waals surface area contributed by atoms with Gasteiger partial charge in [0.25, 0.3) is 0 Å². The Kier molecular flexibility index (Phi) is 11.5. The molecule has 214 valence electrons. The molecule has 10 heteroatoms. The minimum Gasteiger partial charge on any atom is -0.492 e. The van der Waals surface area contributed by atoms with Crippen LogP contribution in [-0.2, 0) is 26.2 Å². The average Bonchev–Trinajstić information content (AvgIpc) is 2.91. The Morgan fingerprint density at radius 3 is 2.41 bits per heavy atom. The number of hydrogen-bond acceptors (Lipinski definition) is 5. The summed E-state index contributed by atoms with van der Waals surface area (Å²) in [6.07, 6.45) is 6.72. The van der Waals surface area contributed by atoms with E-state index < -0.39 is 16.1 Å². The van der Waals surface area contributed by atoms with Crippen molar-refractivity contribution in [3.63, 3.8) is 0 Å². The van der Waals surface area contributed by atoms with Gasteiger partial charge >= 0.3 is 0 Å². The van der Waals surface area contributed by atoms with Crippen LogP contribution < -0.4 is 14.4 Å². The third kappa shape index (κ3) is 8.86. The fourth-order valence-electron chi connectivity index (χ4n) is 4.88. The predicted molar refractivity (Wildman–Crippen MR) is 156 cm³/mol. The van der Waals surface area contributed by atoms with Crippen molar-refractivity contribution in [2.24, 2.45) is 0 Å². The zero-order valence-corrected chi connectivity index (χ0v) is 24.6. The molecular weight excluding hydrogens is 538 g/mol. The molecule has 2 aromatic rings. The Balaban J connectivity index is 1.75. The van der Waals surface area contributed by atoms with E-state index in [1.54, 1.807) is 37.3 Å². The van der Waals surface area contributed by atoms with Crippen LogP contribution in [0.3, 0.4) is 0 Å². The van der Waals surface area contributed by atoms with Gasteiger partial charge in [-0.15, -0.1) is 0 Å². The van der Waals surface area contributed by atoms with E-state index >= 15 is 0 Å². The van der Waals surface area contributed by atoms with Crippen LogP contribution >= 0.6 is 11.6 Å². The second-order valence-corrected chi connectivity index (χ2v) is 12.3. The highest BCUT2D eigenvalue weighted by Crippen LogP contribution is 2.30. The van der Waals surface area contributed by atoms with E-state index in [0.717, 1.165) is 37.5 Å².